The number of anilines is 1. The number of hydrogen-bond acceptors (Lipinski definition) is 7. The van der Waals surface area contributed by atoms with Crippen molar-refractivity contribution in [2.75, 3.05) is 38.1 Å². The standard InChI is InChI=1S/C23H24ClN5O2S/c1-28-9-11-29(12-10-28)23-26-14-20(22(27-23)31-15-16-5-3-2-4-6-16)32-17-7-8-18(21(25)30)19(24)13-17/h2-8,13-14H,9-12,15H2,1H3,(H2,25,30). The largest absolute Gasteiger partial charge is 0.472 e. The molecule has 1 amide bonds. The molecule has 2 aromatic carbocycles. The molecule has 1 saturated heterocycles. The van der Waals surface area contributed by atoms with Gasteiger partial charge in [-0.1, -0.05) is 53.7 Å². The van der Waals surface area contributed by atoms with Crippen molar-refractivity contribution in [3.63, 3.8) is 0 Å². The van der Waals surface area contributed by atoms with E-state index in [1.54, 1.807) is 24.4 Å². The topological polar surface area (TPSA) is 84.6 Å². The number of nitrogens with zero attached hydrogens (tertiary/aromatic N) is 4. The van der Waals surface area contributed by atoms with E-state index in [1.165, 1.54) is 11.8 Å². The Hall–Kier alpha value is -2.81. The summed E-state index contributed by atoms with van der Waals surface area (Å²) in [5, 5.41) is 0.309. The number of carbonyl (C=O) groups excluding carboxylic acids is 1. The van der Waals surface area contributed by atoms with Crippen molar-refractivity contribution in [2.24, 2.45) is 5.73 Å². The Morgan fingerprint density at radius 2 is 1.91 bits per heavy atom. The second-order valence-corrected chi connectivity index (χ2v) is 9.03. The fraction of sp³-hybridized carbons (Fsp3) is 0.261. The lowest BCUT2D eigenvalue weighted by atomic mass is 10.2. The van der Waals surface area contributed by atoms with E-state index in [2.05, 4.69) is 21.8 Å². The van der Waals surface area contributed by atoms with Gasteiger partial charge in [-0.25, -0.2) is 4.98 Å². The summed E-state index contributed by atoms with van der Waals surface area (Å²) in [5.41, 5.74) is 6.70. The molecule has 166 valence electrons. The normalized spacial score (nSPS) is 14.4. The number of halogens is 1. The third-order valence-electron chi connectivity index (χ3n) is 5.15. The van der Waals surface area contributed by atoms with Crippen LogP contribution in [0.2, 0.25) is 5.02 Å². The monoisotopic (exact) mass is 469 g/mol. The van der Waals surface area contributed by atoms with Gasteiger partial charge in [0.15, 0.2) is 0 Å². The molecule has 2 N–H and O–H groups in total. The van der Waals surface area contributed by atoms with Crippen LogP contribution in [-0.2, 0) is 6.61 Å². The highest BCUT2D eigenvalue weighted by molar-refractivity contribution is 7.99. The van der Waals surface area contributed by atoms with Crippen LogP contribution in [0, 0.1) is 0 Å². The highest BCUT2D eigenvalue weighted by Gasteiger charge is 2.19. The number of ether oxygens (including phenoxy) is 1. The van der Waals surface area contributed by atoms with Gasteiger partial charge < -0.3 is 20.3 Å². The molecule has 4 rings (SSSR count). The lowest BCUT2D eigenvalue weighted by molar-refractivity contribution is 0.100. The molecular formula is C23H24ClN5O2S. The Labute approximate surface area is 196 Å². The Morgan fingerprint density at radius 1 is 1.16 bits per heavy atom. The molecule has 0 atom stereocenters. The van der Waals surface area contributed by atoms with Crippen LogP contribution in [0.4, 0.5) is 5.95 Å². The van der Waals surface area contributed by atoms with Gasteiger partial charge in [-0.15, -0.1) is 0 Å². The van der Waals surface area contributed by atoms with Crippen LogP contribution >= 0.6 is 23.4 Å². The van der Waals surface area contributed by atoms with Crippen molar-refractivity contribution in [2.45, 2.75) is 16.4 Å². The number of amides is 1. The molecule has 32 heavy (non-hydrogen) atoms. The van der Waals surface area contributed by atoms with E-state index < -0.39 is 5.91 Å². The Bertz CT molecular complexity index is 1090. The van der Waals surface area contributed by atoms with Crippen LogP contribution in [0.1, 0.15) is 15.9 Å². The molecule has 0 radical (unpaired) electrons. The average molecular weight is 470 g/mol. The zero-order chi connectivity index (χ0) is 22.5. The Balaban J connectivity index is 1.59. The van der Waals surface area contributed by atoms with Crippen molar-refractivity contribution in [3.8, 4) is 5.88 Å². The van der Waals surface area contributed by atoms with E-state index in [-0.39, 0.29) is 0 Å². The number of piperazine rings is 1. The SMILES string of the molecule is CN1CCN(c2ncc(Sc3ccc(C(N)=O)c(Cl)c3)c(OCc3ccccc3)n2)CC1. The first kappa shape index (κ1) is 22.4. The number of benzene rings is 2. The number of likely N-dealkylation sites (N-methyl/N-ethyl adjacent to an activating group) is 1. The van der Waals surface area contributed by atoms with Crippen molar-refractivity contribution in [3.05, 3.63) is 70.9 Å². The third kappa shape index (κ3) is 5.51. The van der Waals surface area contributed by atoms with Gasteiger partial charge in [0.1, 0.15) is 6.61 Å². The number of nitrogens with two attached hydrogens (primary N) is 1. The maximum atomic E-state index is 11.5. The van der Waals surface area contributed by atoms with E-state index in [9.17, 15) is 4.79 Å². The first-order chi connectivity index (χ1) is 15.5. The molecule has 7 nitrogen and oxygen atoms in total. The maximum Gasteiger partial charge on any atom is 0.250 e. The summed E-state index contributed by atoms with van der Waals surface area (Å²) in [6, 6.07) is 15.1. The highest BCUT2D eigenvalue weighted by Crippen LogP contribution is 2.36. The lowest BCUT2D eigenvalue weighted by Crippen LogP contribution is -2.45. The van der Waals surface area contributed by atoms with Gasteiger partial charge in [0.25, 0.3) is 0 Å². The van der Waals surface area contributed by atoms with E-state index in [0.29, 0.717) is 29.0 Å². The fourth-order valence-electron chi connectivity index (χ4n) is 3.29. The molecule has 0 aliphatic carbocycles. The summed E-state index contributed by atoms with van der Waals surface area (Å²) in [5.74, 6) is 0.615. The van der Waals surface area contributed by atoms with Crippen LogP contribution in [0.5, 0.6) is 5.88 Å². The smallest absolute Gasteiger partial charge is 0.250 e. The van der Waals surface area contributed by atoms with E-state index in [1.807, 2.05) is 30.3 Å². The number of aromatic nitrogens is 2. The molecule has 0 unspecified atom stereocenters. The van der Waals surface area contributed by atoms with Gasteiger partial charge in [-0.05, 0) is 30.8 Å². The summed E-state index contributed by atoms with van der Waals surface area (Å²) in [4.78, 5) is 26.9. The summed E-state index contributed by atoms with van der Waals surface area (Å²) < 4.78 is 6.12. The molecule has 1 fully saturated rings. The molecule has 0 spiro atoms. The number of primary amides is 1. The van der Waals surface area contributed by atoms with Crippen LogP contribution in [0.3, 0.4) is 0 Å². The Kier molecular flexibility index (Phi) is 7.14. The van der Waals surface area contributed by atoms with E-state index in [0.717, 1.165) is 41.5 Å². The first-order valence-electron chi connectivity index (χ1n) is 10.2. The quantitative estimate of drug-likeness (QED) is 0.564. The summed E-state index contributed by atoms with van der Waals surface area (Å²) >= 11 is 7.65. The van der Waals surface area contributed by atoms with Crippen molar-refractivity contribution < 1.29 is 9.53 Å². The average Bonchev–Trinajstić information content (AvgIpc) is 2.79. The van der Waals surface area contributed by atoms with Crippen LogP contribution in [0.15, 0.2) is 64.5 Å². The fourth-order valence-corrected chi connectivity index (χ4v) is 4.49. The van der Waals surface area contributed by atoms with Gasteiger partial charge in [-0.2, -0.15) is 4.98 Å². The van der Waals surface area contributed by atoms with Crippen molar-refractivity contribution >= 4 is 35.2 Å². The maximum absolute atomic E-state index is 11.5. The van der Waals surface area contributed by atoms with Gasteiger partial charge in [-0.3, -0.25) is 4.79 Å². The molecule has 9 heteroatoms. The second-order valence-electron chi connectivity index (χ2n) is 7.51. The molecule has 0 bridgehead atoms. The molecule has 1 aliphatic heterocycles. The number of rotatable bonds is 7. The molecule has 0 saturated carbocycles. The van der Waals surface area contributed by atoms with E-state index in [4.69, 9.17) is 27.1 Å². The molecule has 2 heterocycles. The number of hydrogen-bond donors (Lipinski definition) is 1. The predicted octanol–water partition coefficient (Wildman–Crippen LogP) is 3.71. The van der Waals surface area contributed by atoms with Crippen LogP contribution < -0.4 is 15.4 Å². The van der Waals surface area contributed by atoms with Gasteiger partial charge in [0.05, 0.1) is 21.7 Å². The minimum Gasteiger partial charge on any atom is -0.472 e. The first-order valence-corrected chi connectivity index (χ1v) is 11.4. The minimum atomic E-state index is -0.557. The van der Waals surface area contributed by atoms with E-state index >= 15 is 0 Å². The lowest BCUT2D eigenvalue weighted by Gasteiger charge is -2.32. The number of carbonyl (C=O) groups is 1. The summed E-state index contributed by atoms with van der Waals surface area (Å²) in [6.45, 7) is 4.06. The zero-order valence-electron chi connectivity index (χ0n) is 17.7. The van der Waals surface area contributed by atoms with Crippen LogP contribution in [-0.4, -0.2) is 54.0 Å². The zero-order valence-corrected chi connectivity index (χ0v) is 19.3. The Morgan fingerprint density at radius 3 is 2.59 bits per heavy atom. The molecule has 3 aromatic rings. The van der Waals surface area contributed by atoms with Gasteiger partial charge in [0.2, 0.25) is 17.7 Å². The molecular weight excluding hydrogens is 446 g/mol. The van der Waals surface area contributed by atoms with Gasteiger partial charge >= 0.3 is 0 Å². The highest BCUT2D eigenvalue weighted by atomic mass is 35.5. The van der Waals surface area contributed by atoms with Crippen molar-refractivity contribution in [1.29, 1.82) is 0 Å². The second kappa shape index (κ2) is 10.2. The van der Waals surface area contributed by atoms with Crippen molar-refractivity contribution in [1.82, 2.24) is 14.9 Å². The summed E-state index contributed by atoms with van der Waals surface area (Å²) in [7, 11) is 2.11. The molecule has 1 aliphatic rings. The van der Waals surface area contributed by atoms with Crippen LogP contribution in [0.25, 0.3) is 0 Å². The summed E-state index contributed by atoms with van der Waals surface area (Å²) in [6.07, 6.45) is 1.78. The third-order valence-corrected chi connectivity index (χ3v) is 6.45. The minimum absolute atomic E-state index is 0.290. The van der Waals surface area contributed by atoms with Gasteiger partial charge in [0, 0.05) is 31.1 Å². The predicted molar refractivity (Wildman–Crippen MR) is 127 cm³/mol. The molecule has 1 aromatic heterocycles.